The Hall–Kier alpha value is -1.28. The molecule has 0 unspecified atom stereocenters. The van der Waals surface area contributed by atoms with Gasteiger partial charge >= 0.3 is 0 Å². The Labute approximate surface area is 161 Å². The van der Waals surface area contributed by atoms with Gasteiger partial charge in [0.15, 0.2) is 0 Å². The maximum absolute atomic E-state index is 8.76. The van der Waals surface area contributed by atoms with Crippen molar-refractivity contribution in [3.05, 3.63) is 64.1 Å². The second kappa shape index (κ2) is 11.4. The molecule has 0 aliphatic heterocycles. The van der Waals surface area contributed by atoms with Crippen LogP contribution in [0.25, 0.3) is 17.2 Å². The van der Waals surface area contributed by atoms with Gasteiger partial charge in [0.05, 0.1) is 0 Å². The topological polar surface area (TPSA) is 20.2 Å². The van der Waals surface area contributed by atoms with Crippen LogP contribution in [0.4, 0.5) is 0 Å². The second-order valence-electron chi connectivity index (χ2n) is 6.25. The molecule has 1 N–H and O–H groups in total. The van der Waals surface area contributed by atoms with Crippen LogP contribution in [0.1, 0.15) is 50.5 Å². The Morgan fingerprint density at radius 1 is 0.840 bits per heavy atom. The quantitative estimate of drug-likeness (QED) is 0.428. The molecule has 0 saturated heterocycles. The molecular weight excluding hydrogens is 351 g/mol. The fraction of sp³-hybridized carbons (Fsp3) is 0.364. The van der Waals surface area contributed by atoms with Crippen LogP contribution in [-0.4, -0.2) is 11.7 Å². The third kappa shape index (κ3) is 6.86. The van der Waals surface area contributed by atoms with Gasteiger partial charge in [-0.15, -0.1) is 0 Å². The highest BCUT2D eigenvalue weighted by atomic mass is 35.5. The molecule has 2 rings (SSSR count). The van der Waals surface area contributed by atoms with Gasteiger partial charge in [-0.25, -0.2) is 0 Å². The largest absolute Gasteiger partial charge is 0.396 e. The monoisotopic (exact) mass is 376 g/mol. The highest BCUT2D eigenvalue weighted by Gasteiger charge is 2.08. The van der Waals surface area contributed by atoms with Crippen molar-refractivity contribution in [2.75, 3.05) is 6.61 Å². The molecule has 3 heteroatoms. The summed E-state index contributed by atoms with van der Waals surface area (Å²) in [7, 11) is 0. The van der Waals surface area contributed by atoms with Crippen LogP contribution in [0.3, 0.4) is 0 Å². The molecule has 0 heterocycles. The Morgan fingerprint density at radius 3 is 2.24 bits per heavy atom. The average molecular weight is 377 g/mol. The predicted octanol–water partition coefficient (Wildman–Crippen LogP) is 7.40. The van der Waals surface area contributed by atoms with E-state index in [-0.39, 0.29) is 0 Å². The summed E-state index contributed by atoms with van der Waals surface area (Å²) < 4.78 is 0. The van der Waals surface area contributed by atoms with E-state index < -0.39 is 0 Å². The number of aliphatic hydroxyl groups excluding tert-OH is 1. The molecule has 0 atom stereocenters. The predicted molar refractivity (Wildman–Crippen MR) is 110 cm³/mol. The van der Waals surface area contributed by atoms with Gasteiger partial charge < -0.3 is 5.11 Å². The zero-order chi connectivity index (χ0) is 17.9. The average Bonchev–Trinajstić information content (AvgIpc) is 2.62. The van der Waals surface area contributed by atoms with Gasteiger partial charge in [0.25, 0.3) is 0 Å². The van der Waals surface area contributed by atoms with Gasteiger partial charge in [-0.1, -0.05) is 91.4 Å². The normalized spacial score (nSPS) is 11.3. The Kier molecular flexibility index (Phi) is 9.10. The van der Waals surface area contributed by atoms with E-state index in [0.29, 0.717) is 16.7 Å². The Bertz CT molecular complexity index is 665. The molecule has 134 valence electrons. The lowest BCUT2D eigenvalue weighted by atomic mass is 9.99. The smallest absolute Gasteiger partial charge is 0.0499 e. The molecule has 2 aromatic carbocycles. The number of benzene rings is 2. The summed E-state index contributed by atoms with van der Waals surface area (Å²) in [6.07, 6.45) is 12.3. The van der Waals surface area contributed by atoms with Crippen molar-refractivity contribution in [3.63, 3.8) is 0 Å². The van der Waals surface area contributed by atoms with Crippen LogP contribution >= 0.6 is 23.2 Å². The van der Waals surface area contributed by atoms with Crippen molar-refractivity contribution in [1.82, 2.24) is 0 Å². The lowest BCUT2D eigenvalue weighted by Crippen LogP contribution is -1.86. The first kappa shape index (κ1) is 20.0. The van der Waals surface area contributed by atoms with Gasteiger partial charge in [0, 0.05) is 22.2 Å². The molecule has 0 amide bonds. The van der Waals surface area contributed by atoms with Crippen molar-refractivity contribution in [2.45, 2.75) is 44.9 Å². The minimum Gasteiger partial charge on any atom is -0.396 e. The van der Waals surface area contributed by atoms with Crippen molar-refractivity contribution in [2.24, 2.45) is 0 Å². The molecule has 0 spiro atoms. The maximum Gasteiger partial charge on any atom is 0.0499 e. The molecule has 0 fully saturated rings. The molecule has 1 nitrogen and oxygen atoms in total. The van der Waals surface area contributed by atoms with E-state index in [2.05, 4.69) is 24.3 Å². The Morgan fingerprint density at radius 2 is 1.52 bits per heavy atom. The molecule has 0 aliphatic rings. The number of allylic oxidation sites excluding steroid dienone is 1. The summed E-state index contributed by atoms with van der Waals surface area (Å²) in [6, 6.07) is 14.0. The van der Waals surface area contributed by atoms with Crippen molar-refractivity contribution in [3.8, 4) is 11.1 Å². The van der Waals surface area contributed by atoms with Crippen molar-refractivity contribution < 1.29 is 5.11 Å². The number of halogens is 2. The van der Waals surface area contributed by atoms with E-state index in [9.17, 15) is 0 Å². The van der Waals surface area contributed by atoms with E-state index in [0.717, 1.165) is 36.0 Å². The Balaban J connectivity index is 1.95. The van der Waals surface area contributed by atoms with Crippen LogP contribution in [0.15, 0.2) is 48.5 Å². The van der Waals surface area contributed by atoms with Crippen LogP contribution in [0.2, 0.25) is 10.0 Å². The summed E-state index contributed by atoms with van der Waals surface area (Å²) in [5.41, 5.74) is 3.22. The highest BCUT2D eigenvalue weighted by molar-refractivity contribution is 6.36. The highest BCUT2D eigenvalue weighted by Crippen LogP contribution is 2.33. The molecule has 2 aromatic rings. The molecular formula is C22H26Cl2O. The lowest BCUT2D eigenvalue weighted by molar-refractivity contribution is 0.282. The summed E-state index contributed by atoms with van der Waals surface area (Å²) in [4.78, 5) is 0. The first-order valence-electron chi connectivity index (χ1n) is 9.04. The van der Waals surface area contributed by atoms with Gasteiger partial charge in [0.1, 0.15) is 0 Å². The SMILES string of the molecule is OCCCCCCCC/C=C/c1c(Cl)cc(Cl)cc1-c1ccccc1. The summed E-state index contributed by atoms with van der Waals surface area (Å²) in [6.45, 7) is 0.314. The van der Waals surface area contributed by atoms with E-state index >= 15 is 0 Å². The lowest BCUT2D eigenvalue weighted by Gasteiger charge is -2.10. The fourth-order valence-corrected chi connectivity index (χ4v) is 3.45. The number of hydrogen-bond donors (Lipinski definition) is 1. The third-order valence-electron chi connectivity index (χ3n) is 4.24. The molecule has 25 heavy (non-hydrogen) atoms. The van der Waals surface area contributed by atoms with Gasteiger partial charge in [-0.05, 0) is 42.5 Å². The van der Waals surface area contributed by atoms with Crippen LogP contribution < -0.4 is 0 Å². The van der Waals surface area contributed by atoms with Crippen LogP contribution in [-0.2, 0) is 0 Å². The van der Waals surface area contributed by atoms with Gasteiger partial charge in [-0.2, -0.15) is 0 Å². The molecule has 0 saturated carbocycles. The molecule has 0 aromatic heterocycles. The number of unbranched alkanes of at least 4 members (excludes halogenated alkanes) is 6. The zero-order valence-electron chi connectivity index (χ0n) is 14.6. The van der Waals surface area contributed by atoms with E-state index in [1.807, 2.05) is 24.3 Å². The number of rotatable bonds is 10. The van der Waals surface area contributed by atoms with E-state index in [1.54, 1.807) is 6.07 Å². The first-order chi connectivity index (χ1) is 12.2. The minimum atomic E-state index is 0.314. The van der Waals surface area contributed by atoms with Crippen LogP contribution in [0.5, 0.6) is 0 Å². The molecule has 0 radical (unpaired) electrons. The third-order valence-corrected chi connectivity index (χ3v) is 4.77. The van der Waals surface area contributed by atoms with Gasteiger partial charge in [0.2, 0.25) is 0 Å². The molecule has 0 bridgehead atoms. The number of hydrogen-bond acceptors (Lipinski definition) is 1. The maximum atomic E-state index is 8.76. The van der Waals surface area contributed by atoms with E-state index in [4.69, 9.17) is 28.3 Å². The van der Waals surface area contributed by atoms with E-state index in [1.165, 1.54) is 25.7 Å². The van der Waals surface area contributed by atoms with Crippen LogP contribution in [0, 0.1) is 0 Å². The second-order valence-corrected chi connectivity index (χ2v) is 7.09. The number of aliphatic hydroxyl groups is 1. The standard InChI is InChI=1S/C22H26Cl2O/c23-19-16-21(18-12-8-7-9-13-18)20(22(24)17-19)14-10-5-3-1-2-4-6-11-15-25/h7-10,12-14,16-17,25H,1-6,11,15H2/b14-10+. The van der Waals surface area contributed by atoms with Crippen molar-refractivity contribution >= 4 is 29.3 Å². The van der Waals surface area contributed by atoms with Crippen molar-refractivity contribution in [1.29, 1.82) is 0 Å². The summed E-state index contributed by atoms with van der Waals surface area (Å²) >= 11 is 12.6. The summed E-state index contributed by atoms with van der Waals surface area (Å²) in [5.74, 6) is 0. The zero-order valence-corrected chi connectivity index (χ0v) is 16.1. The minimum absolute atomic E-state index is 0.314. The van der Waals surface area contributed by atoms with Gasteiger partial charge in [-0.3, -0.25) is 0 Å². The fourth-order valence-electron chi connectivity index (χ4n) is 2.89. The first-order valence-corrected chi connectivity index (χ1v) is 9.80. The summed E-state index contributed by atoms with van der Waals surface area (Å²) in [5, 5.41) is 10.1. The molecule has 0 aliphatic carbocycles.